The molecule has 2 fully saturated rings. The van der Waals surface area contributed by atoms with E-state index in [2.05, 4.69) is 63.3 Å². The Labute approximate surface area is 158 Å². The van der Waals surface area contributed by atoms with E-state index in [0.717, 1.165) is 25.7 Å². The Morgan fingerprint density at radius 1 is 1.00 bits per heavy atom. The SMILES string of the molecule is C[C@H]1C[C@@H](OC(=O)[C@H]2C[C@H]3C=C[C@@H]2C3)C[C@H](C(C)(C)c2ccccc2)C1. The van der Waals surface area contributed by atoms with E-state index in [1.165, 1.54) is 12.0 Å². The van der Waals surface area contributed by atoms with Crippen molar-refractivity contribution < 1.29 is 9.53 Å². The minimum atomic E-state index is 0.0669. The van der Waals surface area contributed by atoms with Gasteiger partial charge >= 0.3 is 5.97 Å². The molecule has 3 aliphatic carbocycles. The molecule has 0 heterocycles. The average Bonchev–Trinajstić information content (AvgIpc) is 3.25. The number of benzene rings is 1. The van der Waals surface area contributed by atoms with Gasteiger partial charge in [-0.15, -0.1) is 0 Å². The minimum Gasteiger partial charge on any atom is -0.462 e. The number of ether oxygens (including phenoxy) is 1. The molecule has 26 heavy (non-hydrogen) atoms. The van der Waals surface area contributed by atoms with Crippen LogP contribution in [0, 0.1) is 29.6 Å². The van der Waals surface area contributed by atoms with Crippen LogP contribution in [0.2, 0.25) is 0 Å². The lowest BCUT2D eigenvalue weighted by atomic mass is 9.65. The van der Waals surface area contributed by atoms with Gasteiger partial charge in [-0.05, 0) is 66.8 Å². The topological polar surface area (TPSA) is 26.3 Å². The maximum atomic E-state index is 12.8. The Morgan fingerprint density at radius 2 is 1.77 bits per heavy atom. The van der Waals surface area contributed by atoms with Crippen molar-refractivity contribution in [3.8, 4) is 0 Å². The summed E-state index contributed by atoms with van der Waals surface area (Å²) in [5.41, 5.74) is 1.50. The Bertz CT molecular complexity index is 675. The van der Waals surface area contributed by atoms with E-state index in [1.54, 1.807) is 0 Å². The molecule has 2 heteroatoms. The monoisotopic (exact) mass is 352 g/mol. The van der Waals surface area contributed by atoms with Crippen molar-refractivity contribution >= 4 is 5.97 Å². The lowest BCUT2D eigenvalue weighted by Gasteiger charge is -2.42. The molecule has 0 radical (unpaired) electrons. The number of esters is 1. The van der Waals surface area contributed by atoms with Crippen LogP contribution in [-0.2, 0) is 14.9 Å². The van der Waals surface area contributed by atoms with E-state index in [0.29, 0.717) is 23.7 Å². The third kappa shape index (κ3) is 3.35. The van der Waals surface area contributed by atoms with Gasteiger partial charge in [0.1, 0.15) is 6.10 Å². The highest BCUT2D eigenvalue weighted by atomic mass is 16.5. The maximum absolute atomic E-state index is 12.8. The standard InChI is InChI=1S/C24H32O2/c1-16-11-20(24(2,3)19-7-5-4-6-8-19)15-21(12-16)26-23(25)22-14-17-9-10-18(22)13-17/h4-10,16-18,20-22H,11-15H2,1-3H3/t16-,17+,18-,20-,21-,22+/m1/s1. The van der Waals surface area contributed by atoms with Crippen LogP contribution in [0.1, 0.15) is 58.4 Å². The highest BCUT2D eigenvalue weighted by molar-refractivity contribution is 5.74. The zero-order valence-electron chi connectivity index (χ0n) is 16.4. The number of rotatable bonds is 4. The van der Waals surface area contributed by atoms with Crippen LogP contribution in [0.5, 0.6) is 0 Å². The van der Waals surface area contributed by atoms with E-state index in [9.17, 15) is 4.79 Å². The molecule has 2 nitrogen and oxygen atoms in total. The third-order valence-corrected chi connectivity index (χ3v) is 7.30. The van der Waals surface area contributed by atoms with Crippen molar-refractivity contribution in [3.05, 3.63) is 48.0 Å². The molecule has 3 aliphatic rings. The summed E-state index contributed by atoms with van der Waals surface area (Å²) in [4.78, 5) is 12.8. The summed E-state index contributed by atoms with van der Waals surface area (Å²) in [5, 5.41) is 0. The van der Waals surface area contributed by atoms with Crippen LogP contribution in [0.25, 0.3) is 0 Å². The van der Waals surface area contributed by atoms with Gasteiger partial charge in [0.25, 0.3) is 0 Å². The molecule has 0 unspecified atom stereocenters. The number of fused-ring (bicyclic) bond motifs is 2. The van der Waals surface area contributed by atoms with Crippen LogP contribution in [-0.4, -0.2) is 12.1 Å². The van der Waals surface area contributed by atoms with Crippen molar-refractivity contribution in [2.75, 3.05) is 0 Å². The zero-order chi connectivity index (χ0) is 18.3. The van der Waals surface area contributed by atoms with Gasteiger partial charge in [-0.2, -0.15) is 0 Å². The number of hydrogen-bond acceptors (Lipinski definition) is 2. The zero-order valence-corrected chi connectivity index (χ0v) is 16.4. The van der Waals surface area contributed by atoms with Crippen LogP contribution in [0.3, 0.4) is 0 Å². The van der Waals surface area contributed by atoms with Crippen molar-refractivity contribution in [1.82, 2.24) is 0 Å². The maximum Gasteiger partial charge on any atom is 0.309 e. The fraction of sp³-hybridized carbons (Fsp3) is 0.625. The smallest absolute Gasteiger partial charge is 0.309 e. The summed E-state index contributed by atoms with van der Waals surface area (Å²) in [6, 6.07) is 10.8. The molecule has 1 aromatic rings. The van der Waals surface area contributed by atoms with Crippen LogP contribution in [0.4, 0.5) is 0 Å². The van der Waals surface area contributed by atoms with Gasteiger partial charge in [0.05, 0.1) is 5.92 Å². The molecule has 0 amide bonds. The second-order valence-electron chi connectivity index (χ2n) is 9.54. The van der Waals surface area contributed by atoms with Gasteiger partial charge in [-0.1, -0.05) is 63.3 Å². The van der Waals surface area contributed by atoms with Gasteiger partial charge in [0, 0.05) is 0 Å². The van der Waals surface area contributed by atoms with E-state index in [4.69, 9.17) is 4.74 Å². The van der Waals surface area contributed by atoms with Crippen LogP contribution >= 0.6 is 0 Å². The molecule has 6 atom stereocenters. The number of hydrogen-bond donors (Lipinski definition) is 0. The summed E-state index contributed by atoms with van der Waals surface area (Å²) in [6.45, 7) is 7.02. The van der Waals surface area contributed by atoms with Crippen molar-refractivity contribution in [1.29, 1.82) is 0 Å². The fourth-order valence-corrected chi connectivity index (χ4v) is 5.63. The molecule has 4 rings (SSSR count). The Balaban J connectivity index is 1.43. The van der Waals surface area contributed by atoms with Gasteiger partial charge in [0.2, 0.25) is 0 Å². The Morgan fingerprint density at radius 3 is 2.42 bits per heavy atom. The van der Waals surface area contributed by atoms with Gasteiger partial charge in [-0.3, -0.25) is 4.79 Å². The Kier molecular flexibility index (Phi) is 4.71. The summed E-state index contributed by atoms with van der Waals surface area (Å²) in [7, 11) is 0. The van der Waals surface area contributed by atoms with Crippen molar-refractivity contribution in [2.24, 2.45) is 29.6 Å². The van der Waals surface area contributed by atoms with E-state index in [-0.39, 0.29) is 23.4 Å². The van der Waals surface area contributed by atoms with E-state index < -0.39 is 0 Å². The predicted octanol–water partition coefficient (Wildman–Crippen LogP) is 5.52. The minimum absolute atomic E-state index is 0.0669. The molecule has 140 valence electrons. The molecular weight excluding hydrogens is 320 g/mol. The quantitative estimate of drug-likeness (QED) is 0.526. The number of carbonyl (C=O) groups is 1. The molecule has 0 aliphatic heterocycles. The number of carbonyl (C=O) groups excluding carboxylic acids is 1. The average molecular weight is 353 g/mol. The predicted molar refractivity (Wildman–Crippen MR) is 105 cm³/mol. The molecule has 0 spiro atoms. The summed E-state index contributed by atoms with van der Waals surface area (Å²) in [5.74, 6) is 2.39. The van der Waals surface area contributed by atoms with E-state index in [1.807, 2.05) is 0 Å². The fourth-order valence-electron chi connectivity index (χ4n) is 5.63. The Hall–Kier alpha value is -1.57. The van der Waals surface area contributed by atoms with Gasteiger partial charge in [-0.25, -0.2) is 0 Å². The summed E-state index contributed by atoms with van der Waals surface area (Å²) >= 11 is 0. The second kappa shape index (κ2) is 6.87. The summed E-state index contributed by atoms with van der Waals surface area (Å²) in [6.07, 6.45) is 10.00. The first kappa shape index (κ1) is 17.8. The normalized spacial score (nSPS) is 36.3. The first-order chi connectivity index (χ1) is 12.4. The molecule has 0 aromatic heterocycles. The molecule has 2 saturated carbocycles. The third-order valence-electron chi connectivity index (χ3n) is 7.30. The molecular formula is C24H32O2. The van der Waals surface area contributed by atoms with Crippen molar-refractivity contribution in [2.45, 2.75) is 64.4 Å². The number of allylic oxidation sites excluding steroid dienone is 2. The lowest BCUT2D eigenvalue weighted by Crippen LogP contribution is -2.39. The van der Waals surface area contributed by atoms with Crippen LogP contribution < -0.4 is 0 Å². The van der Waals surface area contributed by atoms with Gasteiger partial charge in [0.15, 0.2) is 0 Å². The largest absolute Gasteiger partial charge is 0.462 e. The second-order valence-corrected chi connectivity index (χ2v) is 9.54. The molecule has 0 N–H and O–H groups in total. The molecule has 2 bridgehead atoms. The summed E-state index contributed by atoms with van der Waals surface area (Å²) < 4.78 is 6.09. The molecule has 0 saturated heterocycles. The van der Waals surface area contributed by atoms with E-state index >= 15 is 0 Å². The van der Waals surface area contributed by atoms with Gasteiger partial charge < -0.3 is 4.74 Å². The highest BCUT2D eigenvalue weighted by Gasteiger charge is 2.43. The molecule has 1 aromatic carbocycles. The lowest BCUT2D eigenvalue weighted by molar-refractivity contribution is -0.158. The first-order valence-electron chi connectivity index (χ1n) is 10.4. The van der Waals surface area contributed by atoms with Crippen molar-refractivity contribution in [3.63, 3.8) is 0 Å². The highest BCUT2D eigenvalue weighted by Crippen LogP contribution is 2.46. The first-order valence-corrected chi connectivity index (χ1v) is 10.4. The van der Waals surface area contributed by atoms with Crippen LogP contribution in [0.15, 0.2) is 42.5 Å².